The van der Waals surface area contributed by atoms with Crippen LogP contribution in [0.2, 0.25) is 0 Å². The van der Waals surface area contributed by atoms with Gasteiger partial charge in [0.1, 0.15) is 0 Å². The van der Waals surface area contributed by atoms with Gasteiger partial charge in [-0.3, -0.25) is 14.9 Å². The fourth-order valence-electron chi connectivity index (χ4n) is 4.00. The van der Waals surface area contributed by atoms with Crippen LogP contribution in [0.4, 0.5) is 24.5 Å². The molecule has 1 saturated heterocycles. The van der Waals surface area contributed by atoms with E-state index in [0.717, 1.165) is 14.9 Å². The Hall–Kier alpha value is -3.09. The van der Waals surface area contributed by atoms with Crippen LogP contribution in [0.1, 0.15) is 28.8 Å². The number of rotatable bonds is 5. The SMILES string of the molecule is O=C1NC(=O)c2ccc(I)cc2/C1=C/Nc1ccc(N2CCC(COC(=O)C(F)(F)F)CC2)cc1. The summed E-state index contributed by atoms with van der Waals surface area (Å²) in [6.45, 7) is 1.04. The summed E-state index contributed by atoms with van der Waals surface area (Å²) in [6, 6.07) is 12.8. The van der Waals surface area contributed by atoms with E-state index in [1.807, 2.05) is 24.3 Å². The average molecular weight is 599 g/mol. The molecule has 2 N–H and O–H groups in total. The monoisotopic (exact) mass is 599 g/mol. The minimum absolute atomic E-state index is 0.107. The second kappa shape index (κ2) is 10.3. The molecule has 2 aliphatic heterocycles. The summed E-state index contributed by atoms with van der Waals surface area (Å²) in [5.74, 6) is -3.15. The quantitative estimate of drug-likeness (QED) is 0.230. The van der Waals surface area contributed by atoms with Crippen molar-refractivity contribution in [3.8, 4) is 0 Å². The first kappa shape index (κ1) is 25.0. The first-order valence-corrected chi connectivity index (χ1v) is 11.9. The molecule has 0 aliphatic carbocycles. The van der Waals surface area contributed by atoms with E-state index in [1.54, 1.807) is 24.4 Å². The zero-order chi connectivity index (χ0) is 25.2. The Morgan fingerprint density at radius 3 is 2.43 bits per heavy atom. The van der Waals surface area contributed by atoms with Crippen molar-refractivity contribution in [3.05, 3.63) is 63.4 Å². The fraction of sp³-hybridized carbons (Fsp3) is 0.292. The number of alkyl halides is 3. The van der Waals surface area contributed by atoms with Gasteiger partial charge >= 0.3 is 12.1 Å². The first-order chi connectivity index (χ1) is 16.6. The molecule has 0 radical (unpaired) electrons. The second-order valence-electron chi connectivity index (χ2n) is 8.25. The highest BCUT2D eigenvalue weighted by molar-refractivity contribution is 14.1. The van der Waals surface area contributed by atoms with Crippen LogP contribution in [0, 0.1) is 9.49 Å². The van der Waals surface area contributed by atoms with Gasteiger partial charge in [0.2, 0.25) is 0 Å². The maximum atomic E-state index is 12.4. The van der Waals surface area contributed by atoms with Gasteiger partial charge in [0.15, 0.2) is 0 Å². The largest absolute Gasteiger partial charge is 0.490 e. The van der Waals surface area contributed by atoms with E-state index in [4.69, 9.17) is 0 Å². The van der Waals surface area contributed by atoms with Crippen molar-refractivity contribution in [1.29, 1.82) is 0 Å². The van der Waals surface area contributed by atoms with Crippen molar-refractivity contribution in [2.24, 2.45) is 5.92 Å². The number of nitrogens with zero attached hydrogens (tertiary/aromatic N) is 1. The summed E-state index contributed by atoms with van der Waals surface area (Å²) in [6.07, 6.45) is -2.17. The first-order valence-electron chi connectivity index (χ1n) is 10.8. The van der Waals surface area contributed by atoms with Gasteiger partial charge in [-0.25, -0.2) is 4.79 Å². The number of amides is 2. The number of esters is 1. The molecule has 7 nitrogen and oxygen atoms in total. The summed E-state index contributed by atoms with van der Waals surface area (Å²) < 4.78 is 42.1. The smallest absolute Gasteiger partial charge is 0.459 e. The maximum Gasteiger partial charge on any atom is 0.490 e. The molecule has 2 amide bonds. The molecule has 2 aliphatic rings. The molecule has 0 saturated carbocycles. The number of imide groups is 1. The molecular formula is C24H21F3IN3O4. The zero-order valence-corrected chi connectivity index (χ0v) is 20.5. The third kappa shape index (κ3) is 5.95. The molecule has 2 heterocycles. The average Bonchev–Trinajstić information content (AvgIpc) is 2.82. The molecule has 35 heavy (non-hydrogen) atoms. The number of hydrogen-bond donors (Lipinski definition) is 2. The van der Waals surface area contributed by atoms with Gasteiger partial charge in [-0.1, -0.05) is 0 Å². The Balaban J connectivity index is 1.35. The minimum atomic E-state index is -4.97. The van der Waals surface area contributed by atoms with E-state index >= 15 is 0 Å². The standard InChI is InChI=1S/C24H21F3IN3O4/c25-24(26,27)23(34)35-13-14-7-9-31(10-8-14)17-4-2-16(3-5-17)29-12-20-19-11-15(28)1-6-18(19)21(32)30-22(20)33/h1-6,11-12,14,29H,7-10,13H2,(H,30,32,33)/b20-12-. The Kier molecular flexibility index (Phi) is 7.33. The van der Waals surface area contributed by atoms with Crippen molar-refractivity contribution >= 4 is 57.3 Å². The summed E-state index contributed by atoms with van der Waals surface area (Å²) in [7, 11) is 0. The Labute approximate surface area is 212 Å². The van der Waals surface area contributed by atoms with Crippen molar-refractivity contribution in [2.75, 3.05) is 29.9 Å². The van der Waals surface area contributed by atoms with Crippen molar-refractivity contribution in [2.45, 2.75) is 19.0 Å². The normalized spacial score (nSPS) is 17.7. The second-order valence-corrected chi connectivity index (χ2v) is 9.49. The van der Waals surface area contributed by atoms with Crippen LogP contribution in [0.5, 0.6) is 0 Å². The highest BCUT2D eigenvalue weighted by atomic mass is 127. The highest BCUT2D eigenvalue weighted by Gasteiger charge is 2.41. The van der Waals surface area contributed by atoms with E-state index in [9.17, 15) is 27.6 Å². The van der Waals surface area contributed by atoms with Crippen LogP contribution in [0.15, 0.2) is 48.7 Å². The number of carbonyl (C=O) groups is 3. The number of carbonyl (C=O) groups excluding carboxylic acids is 3. The van der Waals surface area contributed by atoms with E-state index in [2.05, 4.69) is 42.9 Å². The summed E-state index contributed by atoms with van der Waals surface area (Å²) in [5.41, 5.74) is 3.06. The van der Waals surface area contributed by atoms with Crippen LogP contribution in [-0.4, -0.2) is 43.7 Å². The topological polar surface area (TPSA) is 87.7 Å². The third-order valence-corrected chi connectivity index (χ3v) is 6.57. The van der Waals surface area contributed by atoms with Crippen molar-refractivity contribution in [3.63, 3.8) is 0 Å². The van der Waals surface area contributed by atoms with E-state index in [1.165, 1.54) is 0 Å². The molecule has 2 aromatic carbocycles. The molecule has 0 atom stereocenters. The molecule has 0 aromatic heterocycles. The van der Waals surface area contributed by atoms with Gasteiger partial charge in [0.25, 0.3) is 11.8 Å². The Morgan fingerprint density at radius 2 is 1.77 bits per heavy atom. The van der Waals surface area contributed by atoms with Gasteiger partial charge in [-0.2, -0.15) is 13.2 Å². The number of hydrogen-bond acceptors (Lipinski definition) is 6. The summed E-state index contributed by atoms with van der Waals surface area (Å²) in [5, 5.41) is 5.44. The number of piperidine rings is 1. The number of anilines is 2. The molecule has 2 aromatic rings. The maximum absolute atomic E-state index is 12.4. The highest BCUT2D eigenvalue weighted by Crippen LogP contribution is 2.28. The number of fused-ring (bicyclic) bond motifs is 1. The number of benzene rings is 2. The Bertz CT molecular complexity index is 1170. The lowest BCUT2D eigenvalue weighted by Gasteiger charge is -2.33. The predicted octanol–water partition coefficient (Wildman–Crippen LogP) is 4.34. The van der Waals surface area contributed by atoms with Crippen LogP contribution in [-0.2, 0) is 14.3 Å². The van der Waals surface area contributed by atoms with Crippen LogP contribution >= 0.6 is 22.6 Å². The van der Waals surface area contributed by atoms with Gasteiger partial charge in [0.05, 0.1) is 12.2 Å². The zero-order valence-electron chi connectivity index (χ0n) is 18.3. The summed E-state index contributed by atoms with van der Waals surface area (Å²) in [4.78, 5) is 37.5. The van der Waals surface area contributed by atoms with Crippen LogP contribution < -0.4 is 15.5 Å². The Morgan fingerprint density at radius 1 is 1.09 bits per heavy atom. The molecule has 11 heteroatoms. The lowest BCUT2D eigenvalue weighted by atomic mass is 9.95. The number of ether oxygens (including phenoxy) is 1. The third-order valence-electron chi connectivity index (χ3n) is 5.90. The lowest BCUT2D eigenvalue weighted by molar-refractivity contribution is -0.201. The molecule has 4 rings (SSSR count). The molecule has 0 bridgehead atoms. The van der Waals surface area contributed by atoms with Gasteiger partial charge in [0, 0.05) is 45.4 Å². The van der Waals surface area contributed by atoms with Gasteiger partial charge in [-0.15, -0.1) is 0 Å². The fourth-order valence-corrected chi connectivity index (χ4v) is 4.49. The van der Waals surface area contributed by atoms with E-state index in [0.29, 0.717) is 42.6 Å². The van der Waals surface area contributed by atoms with Crippen molar-refractivity contribution < 1.29 is 32.3 Å². The number of nitrogens with one attached hydrogen (secondary N) is 2. The van der Waals surface area contributed by atoms with Gasteiger partial charge < -0.3 is 15.0 Å². The predicted molar refractivity (Wildman–Crippen MR) is 132 cm³/mol. The van der Waals surface area contributed by atoms with Crippen molar-refractivity contribution in [1.82, 2.24) is 5.32 Å². The number of halogens is 4. The minimum Gasteiger partial charge on any atom is -0.459 e. The molecule has 0 unspecified atom stereocenters. The van der Waals surface area contributed by atoms with E-state index < -0.39 is 24.0 Å². The van der Waals surface area contributed by atoms with E-state index in [-0.39, 0.29) is 12.5 Å². The molecular weight excluding hydrogens is 578 g/mol. The molecule has 184 valence electrons. The summed E-state index contributed by atoms with van der Waals surface area (Å²) >= 11 is 2.12. The lowest BCUT2D eigenvalue weighted by Crippen LogP contribution is -2.36. The molecule has 0 spiro atoms. The van der Waals surface area contributed by atoms with Crippen LogP contribution in [0.25, 0.3) is 5.57 Å². The van der Waals surface area contributed by atoms with Crippen LogP contribution in [0.3, 0.4) is 0 Å². The van der Waals surface area contributed by atoms with Gasteiger partial charge in [-0.05, 0) is 83.8 Å². The molecule has 1 fully saturated rings.